The number of carbonyl (C=O) groups is 2. The van der Waals surface area contributed by atoms with Crippen molar-refractivity contribution >= 4 is 23.4 Å². The van der Waals surface area contributed by atoms with E-state index in [4.69, 9.17) is 11.6 Å². The molecule has 2 amide bonds. The zero-order chi connectivity index (χ0) is 18.7. The molecule has 1 N–H and O–H groups in total. The molecule has 1 fully saturated rings. The molecular formula is C20H20ClFN2O2. The van der Waals surface area contributed by atoms with Crippen LogP contribution in [0.15, 0.2) is 48.5 Å². The average Bonchev–Trinajstić information content (AvgIpc) is 3.05. The number of nitrogens with zero attached hydrogens (tertiary/aromatic N) is 1. The second-order valence-corrected chi connectivity index (χ2v) is 7.00. The summed E-state index contributed by atoms with van der Waals surface area (Å²) < 4.78 is 14.0. The van der Waals surface area contributed by atoms with Gasteiger partial charge in [-0.05, 0) is 38.0 Å². The van der Waals surface area contributed by atoms with E-state index in [9.17, 15) is 14.0 Å². The highest BCUT2D eigenvalue weighted by atomic mass is 35.5. The summed E-state index contributed by atoms with van der Waals surface area (Å²) in [6.07, 6.45) is 1.31. The van der Waals surface area contributed by atoms with Crippen molar-refractivity contribution < 1.29 is 14.0 Å². The van der Waals surface area contributed by atoms with Crippen molar-refractivity contribution in [2.75, 3.05) is 6.54 Å². The first kappa shape index (κ1) is 18.4. The Labute approximate surface area is 157 Å². The molecule has 2 aromatic carbocycles. The number of nitrogens with one attached hydrogen (secondary N) is 1. The average molecular weight is 375 g/mol. The Balaban J connectivity index is 1.74. The van der Waals surface area contributed by atoms with E-state index in [0.29, 0.717) is 24.1 Å². The van der Waals surface area contributed by atoms with Gasteiger partial charge in [0, 0.05) is 24.2 Å². The normalized spacial score (nSPS) is 19.4. The van der Waals surface area contributed by atoms with Gasteiger partial charge in [-0.3, -0.25) is 9.59 Å². The summed E-state index contributed by atoms with van der Waals surface area (Å²) in [6.45, 7) is 2.29. The fraction of sp³-hybridized carbons (Fsp3) is 0.300. The molecule has 1 atom stereocenters. The van der Waals surface area contributed by atoms with Crippen LogP contribution < -0.4 is 5.32 Å². The lowest BCUT2D eigenvalue weighted by Gasteiger charge is -2.34. The Kier molecular flexibility index (Phi) is 5.28. The number of hydrogen-bond acceptors (Lipinski definition) is 2. The third-order valence-electron chi connectivity index (χ3n) is 4.87. The Morgan fingerprint density at radius 3 is 2.65 bits per heavy atom. The smallest absolute Gasteiger partial charge is 0.254 e. The van der Waals surface area contributed by atoms with E-state index < -0.39 is 11.4 Å². The van der Waals surface area contributed by atoms with Gasteiger partial charge in [-0.1, -0.05) is 41.9 Å². The van der Waals surface area contributed by atoms with Crippen molar-refractivity contribution in [2.45, 2.75) is 31.8 Å². The monoisotopic (exact) mass is 374 g/mol. The summed E-state index contributed by atoms with van der Waals surface area (Å²) in [5.41, 5.74) is -0.0928. The van der Waals surface area contributed by atoms with Gasteiger partial charge in [0.25, 0.3) is 5.91 Å². The van der Waals surface area contributed by atoms with Crippen molar-refractivity contribution in [1.29, 1.82) is 0 Å². The Bertz CT molecular complexity index is 828. The lowest BCUT2D eigenvalue weighted by atomic mass is 9.96. The van der Waals surface area contributed by atoms with Gasteiger partial charge in [-0.2, -0.15) is 0 Å². The number of hydrogen-bond donors (Lipinski definition) is 1. The van der Waals surface area contributed by atoms with Crippen molar-refractivity contribution in [2.24, 2.45) is 0 Å². The number of likely N-dealkylation sites (tertiary alicyclic amines) is 1. The molecule has 1 unspecified atom stereocenters. The SMILES string of the molecule is CC1(C(=O)NCc2cccc(Cl)c2F)CCCN1C(=O)c1ccccc1. The second kappa shape index (κ2) is 7.46. The van der Waals surface area contributed by atoms with E-state index in [2.05, 4.69) is 5.32 Å². The largest absolute Gasteiger partial charge is 0.350 e. The van der Waals surface area contributed by atoms with E-state index in [1.807, 2.05) is 6.07 Å². The molecule has 0 saturated carbocycles. The predicted octanol–water partition coefficient (Wildman–Crippen LogP) is 3.79. The van der Waals surface area contributed by atoms with Crippen LogP contribution in [-0.4, -0.2) is 28.8 Å². The van der Waals surface area contributed by atoms with Crippen LogP contribution in [-0.2, 0) is 11.3 Å². The maximum absolute atomic E-state index is 14.0. The molecule has 1 aliphatic rings. The first-order valence-corrected chi connectivity index (χ1v) is 8.89. The number of carbonyl (C=O) groups excluding carboxylic acids is 2. The highest BCUT2D eigenvalue weighted by Crippen LogP contribution is 2.31. The molecule has 0 bridgehead atoms. The van der Waals surface area contributed by atoms with E-state index >= 15 is 0 Å². The Hall–Kier alpha value is -2.40. The minimum atomic E-state index is -0.956. The van der Waals surface area contributed by atoms with Crippen LogP contribution in [0.25, 0.3) is 0 Å². The van der Waals surface area contributed by atoms with Crippen LogP contribution in [0, 0.1) is 5.82 Å². The minimum absolute atomic E-state index is 0.0182. The van der Waals surface area contributed by atoms with Crippen molar-refractivity contribution in [3.63, 3.8) is 0 Å². The molecule has 4 nitrogen and oxygen atoms in total. The maximum Gasteiger partial charge on any atom is 0.254 e. The van der Waals surface area contributed by atoms with Crippen LogP contribution in [0.3, 0.4) is 0 Å². The summed E-state index contributed by atoms with van der Waals surface area (Å²) in [4.78, 5) is 27.2. The lowest BCUT2D eigenvalue weighted by Crippen LogP contribution is -2.55. The lowest BCUT2D eigenvalue weighted by molar-refractivity contribution is -0.130. The second-order valence-electron chi connectivity index (χ2n) is 6.60. The number of halogens is 2. The summed E-state index contributed by atoms with van der Waals surface area (Å²) in [6, 6.07) is 13.6. The van der Waals surface area contributed by atoms with Gasteiger partial charge in [-0.25, -0.2) is 4.39 Å². The Morgan fingerprint density at radius 1 is 1.19 bits per heavy atom. The van der Waals surface area contributed by atoms with Crippen molar-refractivity contribution in [3.8, 4) is 0 Å². The quantitative estimate of drug-likeness (QED) is 0.885. The molecular weight excluding hydrogens is 355 g/mol. The Morgan fingerprint density at radius 2 is 1.92 bits per heavy atom. The molecule has 0 radical (unpaired) electrons. The fourth-order valence-electron chi connectivity index (χ4n) is 3.31. The standard InChI is InChI=1S/C20H20ClFN2O2/c1-20(19(26)23-13-15-9-5-10-16(21)17(15)22)11-6-12-24(20)18(25)14-7-3-2-4-8-14/h2-5,7-10H,6,11-13H2,1H3,(H,23,26). The van der Waals surface area contributed by atoms with Gasteiger partial charge in [0.05, 0.1) is 5.02 Å². The molecule has 26 heavy (non-hydrogen) atoms. The zero-order valence-corrected chi connectivity index (χ0v) is 15.2. The van der Waals surface area contributed by atoms with E-state index in [0.717, 1.165) is 6.42 Å². The van der Waals surface area contributed by atoms with Gasteiger partial charge in [-0.15, -0.1) is 0 Å². The van der Waals surface area contributed by atoms with Crippen LogP contribution in [0.5, 0.6) is 0 Å². The molecule has 1 aliphatic heterocycles. The van der Waals surface area contributed by atoms with Gasteiger partial charge in [0.15, 0.2) is 0 Å². The molecule has 2 aromatic rings. The van der Waals surface area contributed by atoms with Gasteiger partial charge in [0.2, 0.25) is 5.91 Å². The van der Waals surface area contributed by atoms with Crippen LogP contribution in [0.4, 0.5) is 4.39 Å². The van der Waals surface area contributed by atoms with Crippen molar-refractivity contribution in [1.82, 2.24) is 10.2 Å². The van der Waals surface area contributed by atoms with E-state index in [1.165, 1.54) is 6.07 Å². The van der Waals surface area contributed by atoms with Gasteiger partial charge >= 0.3 is 0 Å². The molecule has 6 heteroatoms. The molecule has 3 rings (SSSR count). The maximum atomic E-state index is 14.0. The van der Waals surface area contributed by atoms with E-state index in [-0.39, 0.29) is 23.4 Å². The number of rotatable bonds is 4. The summed E-state index contributed by atoms with van der Waals surface area (Å²) in [5, 5.41) is 2.77. The highest BCUT2D eigenvalue weighted by Gasteiger charge is 2.45. The molecule has 1 saturated heterocycles. The molecule has 0 aliphatic carbocycles. The highest BCUT2D eigenvalue weighted by molar-refractivity contribution is 6.30. The molecule has 0 aromatic heterocycles. The number of benzene rings is 2. The van der Waals surface area contributed by atoms with E-state index in [1.54, 1.807) is 48.2 Å². The van der Waals surface area contributed by atoms with Gasteiger partial charge in [0.1, 0.15) is 11.4 Å². The molecule has 0 spiro atoms. The van der Waals surface area contributed by atoms with Gasteiger partial charge < -0.3 is 10.2 Å². The third-order valence-corrected chi connectivity index (χ3v) is 5.16. The zero-order valence-electron chi connectivity index (χ0n) is 14.5. The number of amides is 2. The first-order valence-electron chi connectivity index (χ1n) is 8.52. The summed E-state index contributed by atoms with van der Waals surface area (Å²) >= 11 is 5.78. The predicted molar refractivity (Wildman–Crippen MR) is 98.4 cm³/mol. The summed E-state index contributed by atoms with van der Waals surface area (Å²) in [7, 11) is 0. The van der Waals surface area contributed by atoms with Crippen LogP contribution >= 0.6 is 11.6 Å². The summed E-state index contributed by atoms with van der Waals surface area (Å²) in [5.74, 6) is -1.00. The van der Waals surface area contributed by atoms with Crippen molar-refractivity contribution in [3.05, 3.63) is 70.5 Å². The fourth-order valence-corrected chi connectivity index (χ4v) is 3.51. The molecule has 136 valence electrons. The van der Waals surface area contributed by atoms with Crippen LogP contribution in [0.2, 0.25) is 5.02 Å². The first-order chi connectivity index (χ1) is 12.4. The topological polar surface area (TPSA) is 49.4 Å². The van der Waals surface area contributed by atoms with Crippen LogP contribution in [0.1, 0.15) is 35.7 Å². The third kappa shape index (κ3) is 3.44. The molecule has 1 heterocycles. The minimum Gasteiger partial charge on any atom is -0.350 e.